The van der Waals surface area contributed by atoms with Crippen molar-refractivity contribution in [1.82, 2.24) is 0 Å². The summed E-state index contributed by atoms with van der Waals surface area (Å²) in [5.74, 6) is 6.30. The van der Waals surface area contributed by atoms with Gasteiger partial charge in [-0.2, -0.15) is 0 Å². The minimum Gasteiger partial charge on any atom is -0.449 e. The van der Waals surface area contributed by atoms with E-state index in [0.29, 0.717) is 12.3 Å². The standard InChI is InChI=1S/C15H20O2S/c1-4-5-7-13(10-12(2)3)17-15(16)11-14-8-6-9-18-14/h6,8-9,12-13H,4,10-11H2,1-3H3. The molecule has 0 aliphatic carbocycles. The fourth-order valence-corrected chi connectivity index (χ4v) is 2.23. The maximum atomic E-state index is 11.8. The molecular formula is C15H20O2S. The molecule has 0 N–H and O–H groups in total. The van der Waals surface area contributed by atoms with E-state index in [-0.39, 0.29) is 12.1 Å². The van der Waals surface area contributed by atoms with Crippen molar-refractivity contribution in [3.63, 3.8) is 0 Å². The molecule has 0 saturated carbocycles. The van der Waals surface area contributed by atoms with Crippen molar-refractivity contribution in [2.45, 2.75) is 46.1 Å². The third-order valence-electron chi connectivity index (χ3n) is 2.30. The molecular weight excluding hydrogens is 244 g/mol. The number of carbonyl (C=O) groups is 1. The first-order valence-electron chi connectivity index (χ1n) is 6.32. The van der Waals surface area contributed by atoms with Crippen molar-refractivity contribution in [1.29, 1.82) is 0 Å². The van der Waals surface area contributed by atoms with Crippen LogP contribution in [0.4, 0.5) is 0 Å². The Hall–Kier alpha value is -1.27. The Morgan fingerprint density at radius 2 is 2.28 bits per heavy atom. The Morgan fingerprint density at radius 3 is 2.83 bits per heavy atom. The molecule has 0 aromatic carbocycles. The maximum absolute atomic E-state index is 11.8. The van der Waals surface area contributed by atoms with Gasteiger partial charge in [0.05, 0.1) is 6.42 Å². The lowest BCUT2D eigenvalue weighted by atomic mass is 10.1. The average molecular weight is 264 g/mol. The van der Waals surface area contributed by atoms with Crippen molar-refractivity contribution in [3.8, 4) is 11.8 Å². The van der Waals surface area contributed by atoms with Crippen LogP contribution in [0.15, 0.2) is 17.5 Å². The number of esters is 1. The Kier molecular flexibility index (Phi) is 6.53. The lowest BCUT2D eigenvalue weighted by Crippen LogP contribution is -2.19. The molecule has 0 fully saturated rings. The molecule has 0 spiro atoms. The molecule has 1 aromatic rings. The van der Waals surface area contributed by atoms with Crippen molar-refractivity contribution < 1.29 is 9.53 Å². The minimum absolute atomic E-state index is 0.187. The van der Waals surface area contributed by atoms with Gasteiger partial charge in [0, 0.05) is 11.3 Å². The molecule has 1 aromatic heterocycles. The SMILES string of the molecule is CCC#CC(CC(C)C)OC(=O)Cc1cccs1. The summed E-state index contributed by atoms with van der Waals surface area (Å²) in [7, 11) is 0. The van der Waals surface area contributed by atoms with E-state index in [0.717, 1.165) is 17.7 Å². The summed E-state index contributed by atoms with van der Waals surface area (Å²) in [5.41, 5.74) is 0. The molecule has 2 nitrogen and oxygen atoms in total. The molecule has 1 rings (SSSR count). The lowest BCUT2D eigenvalue weighted by molar-refractivity contribution is -0.146. The van der Waals surface area contributed by atoms with Crippen molar-refractivity contribution in [2.75, 3.05) is 0 Å². The van der Waals surface area contributed by atoms with E-state index in [1.807, 2.05) is 24.4 Å². The largest absolute Gasteiger partial charge is 0.449 e. The molecule has 1 unspecified atom stereocenters. The van der Waals surface area contributed by atoms with Crippen LogP contribution in [0.2, 0.25) is 0 Å². The van der Waals surface area contributed by atoms with Crippen LogP contribution in [-0.2, 0) is 16.0 Å². The van der Waals surface area contributed by atoms with Gasteiger partial charge in [-0.05, 0) is 23.8 Å². The quantitative estimate of drug-likeness (QED) is 0.599. The molecule has 18 heavy (non-hydrogen) atoms. The summed E-state index contributed by atoms with van der Waals surface area (Å²) in [6.45, 7) is 6.20. The van der Waals surface area contributed by atoms with Gasteiger partial charge in [-0.1, -0.05) is 38.7 Å². The van der Waals surface area contributed by atoms with Gasteiger partial charge in [0.15, 0.2) is 6.10 Å². The van der Waals surface area contributed by atoms with Crippen LogP contribution < -0.4 is 0 Å². The van der Waals surface area contributed by atoms with Gasteiger partial charge in [-0.3, -0.25) is 4.79 Å². The number of hydrogen-bond acceptors (Lipinski definition) is 3. The third-order valence-corrected chi connectivity index (χ3v) is 3.17. The van der Waals surface area contributed by atoms with Crippen molar-refractivity contribution >= 4 is 17.3 Å². The van der Waals surface area contributed by atoms with E-state index < -0.39 is 0 Å². The highest BCUT2D eigenvalue weighted by Crippen LogP contribution is 2.12. The molecule has 1 atom stereocenters. The van der Waals surface area contributed by atoms with Gasteiger partial charge in [0.1, 0.15) is 0 Å². The highest BCUT2D eigenvalue weighted by atomic mass is 32.1. The zero-order valence-corrected chi connectivity index (χ0v) is 12.0. The summed E-state index contributed by atoms with van der Waals surface area (Å²) in [5, 5.41) is 1.96. The predicted molar refractivity (Wildman–Crippen MR) is 75.4 cm³/mol. The number of carbonyl (C=O) groups excluding carboxylic acids is 1. The second kappa shape index (κ2) is 7.94. The number of hydrogen-bond donors (Lipinski definition) is 0. The van der Waals surface area contributed by atoms with E-state index >= 15 is 0 Å². The summed E-state index contributed by atoms with van der Waals surface area (Å²) in [4.78, 5) is 12.8. The maximum Gasteiger partial charge on any atom is 0.312 e. The van der Waals surface area contributed by atoms with E-state index in [1.54, 1.807) is 11.3 Å². The van der Waals surface area contributed by atoms with Crippen molar-refractivity contribution in [3.05, 3.63) is 22.4 Å². The highest BCUT2D eigenvalue weighted by molar-refractivity contribution is 7.10. The Balaban J connectivity index is 2.51. The first-order valence-corrected chi connectivity index (χ1v) is 7.20. The first kappa shape index (κ1) is 14.8. The lowest BCUT2D eigenvalue weighted by Gasteiger charge is -2.14. The van der Waals surface area contributed by atoms with Crippen LogP contribution in [0.1, 0.15) is 38.5 Å². The fraction of sp³-hybridized carbons (Fsp3) is 0.533. The van der Waals surface area contributed by atoms with Gasteiger partial charge < -0.3 is 4.74 Å². The predicted octanol–water partition coefficient (Wildman–Crippen LogP) is 3.66. The van der Waals surface area contributed by atoms with E-state index in [2.05, 4.69) is 25.7 Å². The van der Waals surface area contributed by atoms with Crippen LogP contribution in [0, 0.1) is 17.8 Å². The van der Waals surface area contributed by atoms with Gasteiger partial charge in [-0.25, -0.2) is 0 Å². The topological polar surface area (TPSA) is 26.3 Å². The summed E-state index contributed by atoms with van der Waals surface area (Å²) >= 11 is 1.57. The normalized spacial score (nSPS) is 11.8. The molecule has 0 aliphatic rings. The summed E-state index contributed by atoms with van der Waals surface area (Å²) in [6, 6.07) is 3.89. The molecule has 3 heteroatoms. The number of thiophene rings is 1. The molecule has 98 valence electrons. The zero-order valence-electron chi connectivity index (χ0n) is 11.2. The van der Waals surface area contributed by atoms with Crippen LogP contribution in [0.25, 0.3) is 0 Å². The first-order chi connectivity index (χ1) is 8.61. The summed E-state index contributed by atoms with van der Waals surface area (Å²) in [6.07, 6.45) is 1.66. The highest BCUT2D eigenvalue weighted by Gasteiger charge is 2.14. The second-order valence-corrected chi connectivity index (χ2v) is 5.57. The van der Waals surface area contributed by atoms with Crippen LogP contribution in [0.5, 0.6) is 0 Å². The second-order valence-electron chi connectivity index (χ2n) is 4.54. The smallest absolute Gasteiger partial charge is 0.312 e. The minimum atomic E-state index is -0.266. The molecule has 0 saturated heterocycles. The molecule has 0 amide bonds. The third kappa shape index (κ3) is 5.88. The van der Waals surface area contributed by atoms with E-state index in [1.165, 1.54) is 0 Å². The van der Waals surface area contributed by atoms with Gasteiger partial charge in [0.2, 0.25) is 0 Å². The van der Waals surface area contributed by atoms with Crippen LogP contribution >= 0.6 is 11.3 Å². The van der Waals surface area contributed by atoms with Crippen LogP contribution in [0.3, 0.4) is 0 Å². The Labute approximate surface area is 113 Å². The Bertz CT molecular complexity index is 409. The van der Waals surface area contributed by atoms with Crippen molar-refractivity contribution in [2.24, 2.45) is 5.92 Å². The molecule has 1 heterocycles. The van der Waals surface area contributed by atoms with Gasteiger partial charge >= 0.3 is 5.97 Å². The van der Waals surface area contributed by atoms with Gasteiger partial charge in [0.25, 0.3) is 0 Å². The fourth-order valence-electron chi connectivity index (χ4n) is 1.54. The number of rotatable bonds is 5. The molecule has 0 radical (unpaired) electrons. The van der Waals surface area contributed by atoms with Crippen LogP contribution in [-0.4, -0.2) is 12.1 Å². The van der Waals surface area contributed by atoms with Gasteiger partial charge in [-0.15, -0.1) is 11.3 Å². The summed E-state index contributed by atoms with van der Waals surface area (Å²) < 4.78 is 5.43. The Morgan fingerprint density at radius 1 is 1.50 bits per heavy atom. The number of ether oxygens (including phenoxy) is 1. The monoisotopic (exact) mass is 264 g/mol. The molecule has 0 aliphatic heterocycles. The van der Waals surface area contributed by atoms with E-state index in [9.17, 15) is 4.79 Å². The average Bonchev–Trinajstić information content (AvgIpc) is 2.77. The van der Waals surface area contributed by atoms with E-state index in [4.69, 9.17) is 4.74 Å². The molecule has 0 bridgehead atoms. The zero-order chi connectivity index (χ0) is 13.4.